The minimum atomic E-state index is 0.00944. The molecule has 1 aliphatic carbocycles. The molecule has 2 amide bonds. The predicted molar refractivity (Wildman–Crippen MR) is 83.5 cm³/mol. The molecule has 1 aromatic heterocycles. The van der Waals surface area contributed by atoms with Crippen LogP contribution in [0.1, 0.15) is 12.8 Å². The summed E-state index contributed by atoms with van der Waals surface area (Å²) in [6, 6.07) is 8.81. The second-order valence-electron chi connectivity index (χ2n) is 5.93. The number of fused-ring (bicyclic) bond motifs is 1. The van der Waals surface area contributed by atoms with E-state index in [-0.39, 0.29) is 6.03 Å². The van der Waals surface area contributed by atoms with Crippen molar-refractivity contribution >= 4 is 22.6 Å². The Hall–Kier alpha value is -2.01. The lowest BCUT2D eigenvalue weighted by Gasteiger charge is -2.34. The van der Waals surface area contributed by atoms with E-state index < -0.39 is 0 Å². The van der Waals surface area contributed by atoms with Crippen molar-refractivity contribution in [1.82, 2.24) is 14.8 Å². The number of anilines is 1. The molecule has 1 saturated heterocycles. The molecule has 110 valence electrons. The van der Waals surface area contributed by atoms with Crippen molar-refractivity contribution in [3.63, 3.8) is 0 Å². The molecule has 2 aliphatic rings. The van der Waals surface area contributed by atoms with E-state index in [4.69, 9.17) is 0 Å². The summed E-state index contributed by atoms with van der Waals surface area (Å²) in [5.41, 5.74) is 1.91. The Kier molecular flexibility index (Phi) is 3.07. The van der Waals surface area contributed by atoms with Crippen molar-refractivity contribution < 1.29 is 4.79 Å². The fraction of sp³-hybridized carbons (Fsp3) is 0.438. The Morgan fingerprint density at radius 3 is 2.67 bits per heavy atom. The van der Waals surface area contributed by atoms with Crippen molar-refractivity contribution in [1.29, 1.82) is 0 Å². The number of rotatable bonds is 2. The van der Waals surface area contributed by atoms with Crippen molar-refractivity contribution in [3.05, 3.63) is 30.5 Å². The lowest BCUT2D eigenvalue weighted by atomic mass is 10.2. The van der Waals surface area contributed by atoms with Crippen LogP contribution in [0.3, 0.4) is 0 Å². The van der Waals surface area contributed by atoms with Gasteiger partial charge in [0.05, 0.1) is 5.69 Å². The third-order valence-corrected chi connectivity index (χ3v) is 4.50. The highest BCUT2D eigenvalue weighted by Crippen LogP contribution is 2.28. The summed E-state index contributed by atoms with van der Waals surface area (Å²) in [7, 11) is 0. The summed E-state index contributed by atoms with van der Waals surface area (Å²) in [5.74, 6) is 0. The fourth-order valence-corrected chi connectivity index (χ4v) is 3.10. The predicted octanol–water partition coefficient (Wildman–Crippen LogP) is 2.48. The van der Waals surface area contributed by atoms with Gasteiger partial charge in [0.15, 0.2) is 0 Å². The third-order valence-electron chi connectivity index (χ3n) is 4.50. The van der Waals surface area contributed by atoms with Gasteiger partial charge in [-0.15, -0.1) is 0 Å². The molecule has 2 aromatic rings. The summed E-state index contributed by atoms with van der Waals surface area (Å²) < 4.78 is 0. The lowest BCUT2D eigenvalue weighted by molar-refractivity contribution is 0.142. The Morgan fingerprint density at radius 1 is 1.14 bits per heavy atom. The topological polar surface area (TPSA) is 51.4 Å². The largest absolute Gasteiger partial charge is 0.359 e. The molecule has 2 fully saturated rings. The van der Waals surface area contributed by atoms with Crippen LogP contribution in [-0.2, 0) is 0 Å². The van der Waals surface area contributed by atoms with Crippen LogP contribution < -0.4 is 5.32 Å². The van der Waals surface area contributed by atoms with Crippen LogP contribution in [0.4, 0.5) is 10.5 Å². The van der Waals surface area contributed by atoms with Crippen LogP contribution in [0, 0.1) is 0 Å². The molecular weight excluding hydrogens is 264 g/mol. The summed E-state index contributed by atoms with van der Waals surface area (Å²) in [6.45, 7) is 3.66. The van der Waals surface area contributed by atoms with E-state index in [1.807, 2.05) is 35.4 Å². The molecule has 5 heteroatoms. The fourth-order valence-electron chi connectivity index (χ4n) is 3.10. The second-order valence-corrected chi connectivity index (χ2v) is 5.93. The molecule has 0 bridgehead atoms. The van der Waals surface area contributed by atoms with Gasteiger partial charge in [0.1, 0.15) is 0 Å². The van der Waals surface area contributed by atoms with Gasteiger partial charge in [-0.1, -0.05) is 18.2 Å². The number of para-hydroxylation sites is 1. The summed E-state index contributed by atoms with van der Waals surface area (Å²) >= 11 is 0. The molecule has 2 N–H and O–H groups in total. The van der Waals surface area contributed by atoms with Crippen molar-refractivity contribution in [2.45, 2.75) is 18.9 Å². The first kappa shape index (κ1) is 12.7. The van der Waals surface area contributed by atoms with E-state index in [1.165, 1.54) is 12.8 Å². The Bertz CT molecular complexity index is 653. The van der Waals surface area contributed by atoms with Gasteiger partial charge in [0.25, 0.3) is 0 Å². The van der Waals surface area contributed by atoms with Gasteiger partial charge in [-0.05, 0) is 18.9 Å². The van der Waals surface area contributed by atoms with Gasteiger partial charge >= 0.3 is 6.03 Å². The Labute approximate surface area is 123 Å². The zero-order valence-electron chi connectivity index (χ0n) is 12.0. The number of aromatic amines is 1. The molecule has 2 heterocycles. The number of carbonyl (C=O) groups excluding carboxylic acids is 1. The first-order chi connectivity index (χ1) is 10.3. The Balaban J connectivity index is 1.41. The van der Waals surface area contributed by atoms with Gasteiger partial charge in [0, 0.05) is 49.3 Å². The number of H-pyrrole nitrogens is 1. The summed E-state index contributed by atoms with van der Waals surface area (Å²) in [4.78, 5) is 20.0. The van der Waals surface area contributed by atoms with Crippen molar-refractivity contribution in [2.75, 3.05) is 31.5 Å². The van der Waals surface area contributed by atoms with Gasteiger partial charge in [-0.3, -0.25) is 4.90 Å². The number of aromatic nitrogens is 1. The molecule has 0 unspecified atom stereocenters. The molecule has 1 aromatic carbocycles. The second kappa shape index (κ2) is 5.07. The van der Waals surface area contributed by atoms with Gasteiger partial charge < -0.3 is 15.2 Å². The molecule has 0 radical (unpaired) electrons. The summed E-state index contributed by atoms with van der Waals surface area (Å²) in [6.07, 6.45) is 4.53. The minimum absolute atomic E-state index is 0.00944. The molecule has 4 rings (SSSR count). The molecule has 0 spiro atoms. The number of amides is 2. The molecule has 21 heavy (non-hydrogen) atoms. The van der Waals surface area contributed by atoms with Crippen LogP contribution in [0.25, 0.3) is 10.9 Å². The monoisotopic (exact) mass is 284 g/mol. The zero-order chi connectivity index (χ0) is 14.2. The number of piperazine rings is 1. The molecule has 0 atom stereocenters. The molecule has 1 aliphatic heterocycles. The average Bonchev–Trinajstić information content (AvgIpc) is 3.30. The zero-order valence-corrected chi connectivity index (χ0v) is 12.0. The highest BCUT2D eigenvalue weighted by atomic mass is 16.2. The normalized spacial score (nSPS) is 19.9. The Morgan fingerprint density at radius 2 is 1.90 bits per heavy atom. The lowest BCUT2D eigenvalue weighted by Crippen LogP contribution is -2.50. The van der Waals surface area contributed by atoms with E-state index in [1.54, 1.807) is 0 Å². The van der Waals surface area contributed by atoms with Crippen molar-refractivity contribution in [3.8, 4) is 0 Å². The van der Waals surface area contributed by atoms with E-state index in [2.05, 4.69) is 15.2 Å². The van der Waals surface area contributed by atoms with Gasteiger partial charge in [0.2, 0.25) is 0 Å². The minimum Gasteiger partial charge on any atom is -0.359 e. The van der Waals surface area contributed by atoms with Crippen molar-refractivity contribution in [2.24, 2.45) is 0 Å². The van der Waals surface area contributed by atoms with Crippen LogP contribution >= 0.6 is 0 Å². The quantitative estimate of drug-likeness (QED) is 0.890. The first-order valence-electron chi connectivity index (χ1n) is 7.67. The third kappa shape index (κ3) is 2.49. The number of carbonyl (C=O) groups is 1. The van der Waals surface area contributed by atoms with Crippen LogP contribution in [0.15, 0.2) is 30.5 Å². The number of benzene rings is 1. The van der Waals surface area contributed by atoms with Gasteiger partial charge in [-0.2, -0.15) is 0 Å². The molecule has 1 saturated carbocycles. The SMILES string of the molecule is O=C(Nc1c[nH]c2ccccc12)N1CCN(C2CC2)CC1. The number of urea groups is 1. The first-order valence-corrected chi connectivity index (χ1v) is 7.67. The summed E-state index contributed by atoms with van der Waals surface area (Å²) in [5, 5.41) is 4.09. The van der Waals surface area contributed by atoms with E-state index in [0.717, 1.165) is 48.8 Å². The standard InChI is InChI=1S/C16H20N4O/c21-16(20-9-7-19(8-10-20)12-5-6-12)18-15-11-17-14-4-2-1-3-13(14)15/h1-4,11-12,17H,5-10H2,(H,18,21). The van der Waals surface area contributed by atoms with E-state index in [9.17, 15) is 4.79 Å². The average molecular weight is 284 g/mol. The van der Waals surface area contributed by atoms with Crippen LogP contribution in [-0.4, -0.2) is 53.0 Å². The number of hydrogen-bond acceptors (Lipinski definition) is 2. The maximum Gasteiger partial charge on any atom is 0.321 e. The van der Waals surface area contributed by atoms with E-state index >= 15 is 0 Å². The van der Waals surface area contributed by atoms with Gasteiger partial charge in [-0.25, -0.2) is 4.79 Å². The smallest absolute Gasteiger partial charge is 0.321 e. The number of nitrogens with one attached hydrogen (secondary N) is 2. The maximum atomic E-state index is 12.4. The highest BCUT2D eigenvalue weighted by molar-refractivity contribution is 6.00. The number of hydrogen-bond donors (Lipinski definition) is 2. The highest BCUT2D eigenvalue weighted by Gasteiger charge is 2.32. The van der Waals surface area contributed by atoms with E-state index in [0.29, 0.717) is 0 Å². The number of nitrogens with zero attached hydrogens (tertiary/aromatic N) is 2. The van der Waals surface area contributed by atoms with Crippen LogP contribution in [0.2, 0.25) is 0 Å². The maximum absolute atomic E-state index is 12.4. The molecule has 5 nitrogen and oxygen atoms in total. The van der Waals surface area contributed by atoms with Crippen LogP contribution in [0.5, 0.6) is 0 Å². The molecular formula is C16H20N4O.